The van der Waals surface area contributed by atoms with Gasteiger partial charge in [-0.25, -0.2) is 5.43 Å². The van der Waals surface area contributed by atoms with Crippen LogP contribution in [0.2, 0.25) is 0 Å². The maximum absolute atomic E-state index is 12.0. The number of aryl methyl sites for hydroxylation is 2. The zero-order valence-corrected chi connectivity index (χ0v) is 13.5. The van der Waals surface area contributed by atoms with Crippen molar-refractivity contribution in [3.63, 3.8) is 0 Å². The number of hydrogen-bond donors (Lipinski definition) is 2. The summed E-state index contributed by atoms with van der Waals surface area (Å²) >= 11 is 0. The summed E-state index contributed by atoms with van der Waals surface area (Å²) in [5.74, 6) is 0.708. The Morgan fingerprint density at radius 2 is 1.83 bits per heavy atom. The van der Waals surface area contributed by atoms with Gasteiger partial charge in [-0.2, -0.15) is 5.10 Å². The largest absolute Gasteiger partial charge is 0.507 e. The first-order chi connectivity index (χ1) is 11.0. The number of nitrogens with zero attached hydrogens (tertiary/aromatic N) is 1. The van der Waals surface area contributed by atoms with Gasteiger partial charge < -0.3 is 9.84 Å². The van der Waals surface area contributed by atoms with Crippen molar-refractivity contribution in [1.29, 1.82) is 0 Å². The van der Waals surface area contributed by atoms with Gasteiger partial charge in [0.2, 0.25) is 0 Å². The van der Waals surface area contributed by atoms with E-state index in [4.69, 9.17) is 4.74 Å². The van der Waals surface area contributed by atoms with Crippen molar-refractivity contribution >= 4 is 12.1 Å². The number of phenols is 1. The highest BCUT2D eigenvalue weighted by atomic mass is 16.5. The standard InChI is InChI=1S/C18H20N2O3/c1-4-23-16-7-5-15(6-8-16)18(22)20-19-11-14-9-12(2)17(21)13(3)10-14/h5-11,21H,4H2,1-3H3,(H,20,22)/b19-11+. The first-order valence-electron chi connectivity index (χ1n) is 7.37. The number of carbonyl (C=O) groups excluding carboxylic acids is 1. The summed E-state index contributed by atoms with van der Waals surface area (Å²) in [6.07, 6.45) is 1.55. The quantitative estimate of drug-likeness (QED) is 0.658. The van der Waals surface area contributed by atoms with E-state index in [9.17, 15) is 9.90 Å². The van der Waals surface area contributed by atoms with Gasteiger partial charge in [0.15, 0.2) is 0 Å². The van der Waals surface area contributed by atoms with Gasteiger partial charge in [-0.05, 0) is 73.9 Å². The minimum absolute atomic E-state index is 0.278. The second-order valence-electron chi connectivity index (χ2n) is 5.16. The lowest BCUT2D eigenvalue weighted by Gasteiger charge is -2.05. The number of aromatic hydroxyl groups is 1. The molecule has 0 aliphatic carbocycles. The topological polar surface area (TPSA) is 70.9 Å². The molecule has 0 bridgehead atoms. The summed E-state index contributed by atoms with van der Waals surface area (Å²) < 4.78 is 5.33. The second-order valence-corrected chi connectivity index (χ2v) is 5.16. The van der Waals surface area contributed by atoms with Gasteiger partial charge in [0.05, 0.1) is 12.8 Å². The molecule has 2 aromatic carbocycles. The van der Waals surface area contributed by atoms with E-state index < -0.39 is 0 Å². The first kappa shape index (κ1) is 16.5. The van der Waals surface area contributed by atoms with E-state index in [1.807, 2.05) is 20.8 Å². The van der Waals surface area contributed by atoms with Crippen LogP contribution in [0.25, 0.3) is 0 Å². The van der Waals surface area contributed by atoms with E-state index in [0.29, 0.717) is 12.2 Å². The molecule has 120 valence electrons. The van der Waals surface area contributed by atoms with E-state index in [1.165, 1.54) is 0 Å². The van der Waals surface area contributed by atoms with Crippen LogP contribution in [0, 0.1) is 13.8 Å². The lowest BCUT2D eigenvalue weighted by atomic mass is 10.1. The molecule has 1 amide bonds. The third-order valence-electron chi connectivity index (χ3n) is 3.32. The predicted molar refractivity (Wildman–Crippen MR) is 90.3 cm³/mol. The molecule has 0 heterocycles. The van der Waals surface area contributed by atoms with Gasteiger partial charge in [-0.1, -0.05) is 0 Å². The molecule has 0 aromatic heterocycles. The molecule has 0 radical (unpaired) electrons. The van der Waals surface area contributed by atoms with Crippen molar-refractivity contribution < 1.29 is 14.6 Å². The summed E-state index contributed by atoms with van der Waals surface area (Å²) in [7, 11) is 0. The zero-order valence-electron chi connectivity index (χ0n) is 13.5. The molecule has 0 atom stereocenters. The molecule has 0 aliphatic rings. The molecule has 2 rings (SSSR count). The van der Waals surface area contributed by atoms with Crippen LogP contribution in [-0.2, 0) is 0 Å². The maximum Gasteiger partial charge on any atom is 0.271 e. The number of phenolic OH excluding ortho intramolecular Hbond substituents is 1. The molecule has 23 heavy (non-hydrogen) atoms. The number of amides is 1. The average Bonchev–Trinajstić information content (AvgIpc) is 2.53. The highest BCUT2D eigenvalue weighted by Gasteiger charge is 2.05. The fraction of sp³-hybridized carbons (Fsp3) is 0.222. The van der Waals surface area contributed by atoms with E-state index >= 15 is 0 Å². The molecule has 0 unspecified atom stereocenters. The summed E-state index contributed by atoms with van der Waals surface area (Å²) in [5.41, 5.74) is 5.33. The van der Waals surface area contributed by atoms with E-state index in [0.717, 1.165) is 22.4 Å². The molecule has 0 spiro atoms. The fourth-order valence-electron chi connectivity index (χ4n) is 2.16. The second kappa shape index (κ2) is 7.45. The minimum atomic E-state index is -0.295. The van der Waals surface area contributed by atoms with Gasteiger partial charge in [0, 0.05) is 5.56 Å². The van der Waals surface area contributed by atoms with Gasteiger partial charge >= 0.3 is 0 Å². The molecule has 0 saturated heterocycles. The lowest BCUT2D eigenvalue weighted by molar-refractivity contribution is 0.0955. The van der Waals surface area contributed by atoms with Crippen molar-refractivity contribution in [3.8, 4) is 11.5 Å². The molecule has 5 heteroatoms. The number of rotatable bonds is 5. The van der Waals surface area contributed by atoms with Gasteiger partial charge in [-0.15, -0.1) is 0 Å². The maximum atomic E-state index is 12.0. The number of hydrazone groups is 1. The third kappa shape index (κ3) is 4.32. The van der Waals surface area contributed by atoms with E-state index in [2.05, 4.69) is 10.5 Å². The highest BCUT2D eigenvalue weighted by Crippen LogP contribution is 2.22. The lowest BCUT2D eigenvalue weighted by Crippen LogP contribution is -2.17. The van der Waals surface area contributed by atoms with Crippen LogP contribution in [-0.4, -0.2) is 23.8 Å². The van der Waals surface area contributed by atoms with Crippen molar-refractivity contribution in [2.45, 2.75) is 20.8 Å². The van der Waals surface area contributed by atoms with Crippen LogP contribution < -0.4 is 10.2 Å². The Labute approximate surface area is 135 Å². The molecule has 0 fully saturated rings. The van der Waals surface area contributed by atoms with E-state index in [-0.39, 0.29) is 11.7 Å². The van der Waals surface area contributed by atoms with Crippen molar-refractivity contribution in [3.05, 3.63) is 58.7 Å². The smallest absolute Gasteiger partial charge is 0.271 e. The Morgan fingerprint density at radius 3 is 2.39 bits per heavy atom. The summed E-state index contributed by atoms with van der Waals surface area (Å²) in [6, 6.07) is 10.5. The van der Waals surface area contributed by atoms with Crippen molar-refractivity contribution in [2.75, 3.05) is 6.61 Å². The summed E-state index contributed by atoms with van der Waals surface area (Å²) in [6.45, 7) is 6.12. The van der Waals surface area contributed by atoms with Crippen LogP contribution in [0.1, 0.15) is 34.0 Å². The molecule has 2 aromatic rings. The van der Waals surface area contributed by atoms with Crippen molar-refractivity contribution in [1.82, 2.24) is 5.43 Å². The van der Waals surface area contributed by atoms with Gasteiger partial charge in [0.25, 0.3) is 5.91 Å². The Kier molecular flexibility index (Phi) is 5.36. The Hall–Kier alpha value is -2.82. The summed E-state index contributed by atoms with van der Waals surface area (Å²) in [4.78, 5) is 12.0. The molecular formula is C18H20N2O3. The van der Waals surface area contributed by atoms with Crippen LogP contribution in [0.5, 0.6) is 11.5 Å². The molecule has 0 saturated carbocycles. The van der Waals surface area contributed by atoms with Crippen LogP contribution in [0.3, 0.4) is 0 Å². The average molecular weight is 312 g/mol. The predicted octanol–water partition coefficient (Wildman–Crippen LogP) is 3.17. The Morgan fingerprint density at radius 1 is 1.22 bits per heavy atom. The van der Waals surface area contributed by atoms with Gasteiger partial charge in [0.1, 0.15) is 11.5 Å². The normalized spacial score (nSPS) is 10.7. The number of benzene rings is 2. The summed E-state index contributed by atoms with van der Waals surface area (Å²) in [5, 5.41) is 13.7. The minimum Gasteiger partial charge on any atom is -0.507 e. The molecule has 0 aliphatic heterocycles. The number of ether oxygens (including phenoxy) is 1. The molecule has 5 nitrogen and oxygen atoms in total. The van der Waals surface area contributed by atoms with Crippen molar-refractivity contribution in [2.24, 2.45) is 5.10 Å². The fourth-order valence-corrected chi connectivity index (χ4v) is 2.16. The molecule has 2 N–H and O–H groups in total. The van der Waals surface area contributed by atoms with E-state index in [1.54, 1.807) is 42.6 Å². The number of nitrogens with one attached hydrogen (secondary N) is 1. The third-order valence-corrected chi connectivity index (χ3v) is 3.32. The SMILES string of the molecule is CCOc1ccc(C(=O)N/N=C/c2cc(C)c(O)c(C)c2)cc1. The monoisotopic (exact) mass is 312 g/mol. The first-order valence-corrected chi connectivity index (χ1v) is 7.37. The Balaban J connectivity index is 2.01. The van der Waals surface area contributed by atoms with Crippen LogP contribution >= 0.6 is 0 Å². The van der Waals surface area contributed by atoms with Gasteiger partial charge in [-0.3, -0.25) is 4.79 Å². The Bertz CT molecular complexity index is 699. The highest BCUT2D eigenvalue weighted by molar-refractivity contribution is 5.95. The van der Waals surface area contributed by atoms with Crippen LogP contribution in [0.15, 0.2) is 41.5 Å². The molecular weight excluding hydrogens is 292 g/mol. The zero-order chi connectivity index (χ0) is 16.8. The van der Waals surface area contributed by atoms with Crippen LogP contribution in [0.4, 0.5) is 0 Å². The number of carbonyl (C=O) groups is 1. The number of hydrogen-bond acceptors (Lipinski definition) is 4.